The Labute approximate surface area is 153 Å². The maximum Gasteiger partial charge on any atom is 0.329 e. The fourth-order valence-corrected chi connectivity index (χ4v) is 2.91. The third kappa shape index (κ3) is 5.84. The number of rotatable bonds is 10. The highest BCUT2D eigenvalue weighted by Crippen LogP contribution is 2.25. The van der Waals surface area contributed by atoms with Gasteiger partial charge in [0.15, 0.2) is 0 Å². The van der Waals surface area contributed by atoms with Gasteiger partial charge in [0.1, 0.15) is 6.61 Å². The summed E-state index contributed by atoms with van der Waals surface area (Å²) in [6.45, 7) is 2.47. The molecule has 1 aromatic carbocycles. The van der Waals surface area contributed by atoms with Gasteiger partial charge in [0.25, 0.3) is 0 Å². The second-order valence-corrected chi connectivity index (χ2v) is 6.41. The van der Waals surface area contributed by atoms with Gasteiger partial charge in [-0.05, 0) is 30.5 Å². The van der Waals surface area contributed by atoms with Crippen LogP contribution in [0.5, 0.6) is 0 Å². The SMILES string of the molecule is CCCCc1ccc(N2CC(C(=O)NCCOCC(=O)O)CC2=O)cc1. The molecule has 2 rings (SSSR count). The van der Waals surface area contributed by atoms with E-state index in [2.05, 4.69) is 12.2 Å². The van der Waals surface area contributed by atoms with Crippen LogP contribution >= 0.6 is 0 Å². The lowest BCUT2D eigenvalue weighted by Crippen LogP contribution is -2.35. The van der Waals surface area contributed by atoms with E-state index in [9.17, 15) is 14.4 Å². The minimum absolute atomic E-state index is 0.0615. The van der Waals surface area contributed by atoms with Gasteiger partial charge in [0, 0.05) is 25.2 Å². The number of ether oxygens (including phenoxy) is 1. The molecule has 1 aromatic rings. The first-order valence-corrected chi connectivity index (χ1v) is 8.97. The van der Waals surface area contributed by atoms with Crippen LogP contribution in [0.3, 0.4) is 0 Å². The highest BCUT2D eigenvalue weighted by Gasteiger charge is 2.34. The molecule has 2 amide bonds. The third-order valence-corrected chi connectivity index (χ3v) is 4.33. The molecule has 1 unspecified atom stereocenters. The third-order valence-electron chi connectivity index (χ3n) is 4.33. The molecular weight excluding hydrogens is 336 g/mol. The van der Waals surface area contributed by atoms with E-state index >= 15 is 0 Å². The molecule has 1 heterocycles. The predicted molar refractivity (Wildman–Crippen MR) is 97.0 cm³/mol. The molecule has 142 valence electrons. The summed E-state index contributed by atoms with van der Waals surface area (Å²) >= 11 is 0. The maximum absolute atomic E-state index is 12.3. The molecule has 0 bridgehead atoms. The Morgan fingerprint density at radius 2 is 2.04 bits per heavy atom. The normalized spacial score (nSPS) is 16.7. The van der Waals surface area contributed by atoms with Crippen molar-refractivity contribution in [3.05, 3.63) is 29.8 Å². The largest absolute Gasteiger partial charge is 0.480 e. The van der Waals surface area contributed by atoms with E-state index in [1.54, 1.807) is 4.90 Å². The van der Waals surface area contributed by atoms with Crippen LogP contribution < -0.4 is 10.2 Å². The molecule has 0 spiro atoms. The number of nitrogens with zero attached hydrogens (tertiary/aromatic N) is 1. The second-order valence-electron chi connectivity index (χ2n) is 6.41. The van der Waals surface area contributed by atoms with Crippen molar-refractivity contribution in [3.8, 4) is 0 Å². The van der Waals surface area contributed by atoms with Crippen molar-refractivity contribution in [2.45, 2.75) is 32.6 Å². The van der Waals surface area contributed by atoms with Crippen molar-refractivity contribution in [1.29, 1.82) is 0 Å². The van der Waals surface area contributed by atoms with Crippen molar-refractivity contribution in [3.63, 3.8) is 0 Å². The van der Waals surface area contributed by atoms with E-state index in [4.69, 9.17) is 9.84 Å². The minimum atomic E-state index is -1.05. The van der Waals surface area contributed by atoms with Crippen molar-refractivity contribution in [1.82, 2.24) is 5.32 Å². The Morgan fingerprint density at radius 1 is 1.31 bits per heavy atom. The van der Waals surface area contributed by atoms with Gasteiger partial charge in [-0.2, -0.15) is 0 Å². The molecule has 7 heteroatoms. The summed E-state index contributed by atoms with van der Waals surface area (Å²) in [6, 6.07) is 7.93. The first-order valence-electron chi connectivity index (χ1n) is 8.97. The monoisotopic (exact) mass is 362 g/mol. The van der Waals surface area contributed by atoms with Gasteiger partial charge in [-0.1, -0.05) is 25.5 Å². The van der Waals surface area contributed by atoms with Crippen LogP contribution in [0.25, 0.3) is 0 Å². The Bertz CT molecular complexity index is 629. The average Bonchev–Trinajstić information content (AvgIpc) is 3.01. The first kappa shape index (κ1) is 19.9. The van der Waals surface area contributed by atoms with E-state index in [1.165, 1.54) is 5.56 Å². The van der Waals surface area contributed by atoms with E-state index < -0.39 is 11.9 Å². The van der Waals surface area contributed by atoms with Crippen LogP contribution in [0.15, 0.2) is 24.3 Å². The molecule has 1 fully saturated rings. The molecule has 1 aliphatic heterocycles. The minimum Gasteiger partial charge on any atom is -0.480 e. The number of amides is 2. The van der Waals surface area contributed by atoms with Crippen molar-refractivity contribution in [2.24, 2.45) is 5.92 Å². The summed E-state index contributed by atoms with van der Waals surface area (Å²) < 4.78 is 4.87. The zero-order valence-electron chi connectivity index (χ0n) is 15.1. The van der Waals surface area contributed by atoms with Gasteiger partial charge < -0.3 is 20.1 Å². The van der Waals surface area contributed by atoms with Gasteiger partial charge >= 0.3 is 5.97 Å². The van der Waals surface area contributed by atoms with Gasteiger partial charge in [-0.25, -0.2) is 4.79 Å². The maximum atomic E-state index is 12.3. The number of hydrogen-bond donors (Lipinski definition) is 2. The van der Waals surface area contributed by atoms with Crippen LogP contribution in [-0.2, 0) is 25.5 Å². The Hall–Kier alpha value is -2.41. The number of hydrogen-bond acceptors (Lipinski definition) is 4. The number of carbonyl (C=O) groups is 3. The van der Waals surface area contributed by atoms with Crippen LogP contribution in [0.1, 0.15) is 31.7 Å². The summed E-state index contributed by atoms with van der Waals surface area (Å²) in [5.41, 5.74) is 2.06. The van der Waals surface area contributed by atoms with Crippen LogP contribution in [0.4, 0.5) is 5.69 Å². The molecule has 7 nitrogen and oxygen atoms in total. The molecule has 0 aliphatic carbocycles. The highest BCUT2D eigenvalue weighted by molar-refractivity contribution is 6.00. The lowest BCUT2D eigenvalue weighted by atomic mass is 10.1. The van der Waals surface area contributed by atoms with Crippen molar-refractivity contribution in [2.75, 3.05) is 31.2 Å². The number of benzene rings is 1. The number of carboxylic acid groups (broad SMARTS) is 1. The predicted octanol–water partition coefficient (Wildman–Crippen LogP) is 1.60. The molecule has 1 atom stereocenters. The lowest BCUT2D eigenvalue weighted by Gasteiger charge is -2.17. The molecule has 0 saturated carbocycles. The number of aliphatic carboxylic acids is 1. The molecule has 0 radical (unpaired) electrons. The summed E-state index contributed by atoms with van der Waals surface area (Å²) in [5, 5.41) is 11.2. The second kappa shape index (κ2) is 9.91. The van der Waals surface area contributed by atoms with Crippen LogP contribution in [0.2, 0.25) is 0 Å². The number of anilines is 1. The standard InChI is InChI=1S/C19H26N2O5/c1-2-3-4-14-5-7-16(8-6-14)21-12-15(11-17(21)22)19(25)20-9-10-26-13-18(23)24/h5-8,15H,2-4,9-13H2,1H3,(H,20,25)(H,23,24). The zero-order valence-corrected chi connectivity index (χ0v) is 15.1. The Balaban J connectivity index is 1.81. The molecule has 2 N–H and O–H groups in total. The van der Waals surface area contributed by atoms with E-state index in [1.807, 2.05) is 24.3 Å². The quantitative estimate of drug-likeness (QED) is 0.617. The van der Waals surface area contributed by atoms with E-state index in [-0.39, 0.29) is 38.0 Å². The summed E-state index contributed by atoms with van der Waals surface area (Å²) in [4.78, 5) is 36.4. The van der Waals surface area contributed by atoms with Crippen LogP contribution in [0, 0.1) is 5.92 Å². The topological polar surface area (TPSA) is 95.9 Å². The Morgan fingerprint density at radius 3 is 2.69 bits per heavy atom. The van der Waals surface area contributed by atoms with Crippen molar-refractivity contribution < 1.29 is 24.2 Å². The Kier molecular flexibility index (Phi) is 7.59. The average molecular weight is 362 g/mol. The number of carbonyl (C=O) groups excluding carboxylic acids is 2. The summed E-state index contributed by atoms with van der Waals surface area (Å²) in [6.07, 6.45) is 3.49. The molecule has 1 aliphatic rings. The van der Waals surface area contributed by atoms with Gasteiger partial charge in [0.2, 0.25) is 11.8 Å². The smallest absolute Gasteiger partial charge is 0.329 e. The molecular formula is C19H26N2O5. The number of carboxylic acids is 1. The zero-order chi connectivity index (χ0) is 18.9. The lowest BCUT2D eigenvalue weighted by molar-refractivity contribution is -0.142. The van der Waals surface area contributed by atoms with Crippen LogP contribution in [-0.4, -0.2) is 49.2 Å². The van der Waals surface area contributed by atoms with E-state index in [0.717, 1.165) is 24.9 Å². The first-order chi connectivity index (χ1) is 12.5. The fraction of sp³-hybridized carbons (Fsp3) is 0.526. The van der Waals surface area contributed by atoms with E-state index in [0.29, 0.717) is 6.54 Å². The fourth-order valence-electron chi connectivity index (χ4n) is 2.91. The highest BCUT2D eigenvalue weighted by atomic mass is 16.5. The molecule has 26 heavy (non-hydrogen) atoms. The summed E-state index contributed by atoms with van der Waals surface area (Å²) in [5.74, 6) is -1.72. The van der Waals surface area contributed by atoms with Crippen molar-refractivity contribution >= 4 is 23.5 Å². The van der Waals surface area contributed by atoms with Gasteiger partial charge in [-0.3, -0.25) is 9.59 Å². The number of nitrogens with one attached hydrogen (secondary N) is 1. The summed E-state index contributed by atoms with van der Waals surface area (Å²) in [7, 11) is 0. The number of aryl methyl sites for hydroxylation is 1. The number of unbranched alkanes of at least 4 members (excludes halogenated alkanes) is 1. The van der Waals surface area contributed by atoms with Gasteiger partial charge in [0.05, 0.1) is 12.5 Å². The molecule has 0 aromatic heterocycles. The molecule has 1 saturated heterocycles. The van der Waals surface area contributed by atoms with Gasteiger partial charge in [-0.15, -0.1) is 0 Å².